The van der Waals surface area contributed by atoms with Crippen LogP contribution in [-0.4, -0.2) is 5.54 Å². The van der Waals surface area contributed by atoms with E-state index in [1.54, 1.807) is 0 Å². The van der Waals surface area contributed by atoms with Crippen LogP contribution in [-0.2, 0) is 0 Å². The van der Waals surface area contributed by atoms with E-state index < -0.39 is 0 Å². The van der Waals surface area contributed by atoms with Gasteiger partial charge in [-0.1, -0.05) is 52.4 Å². The van der Waals surface area contributed by atoms with Crippen LogP contribution in [0.3, 0.4) is 0 Å². The van der Waals surface area contributed by atoms with E-state index >= 15 is 0 Å². The van der Waals surface area contributed by atoms with Gasteiger partial charge in [0, 0.05) is 5.54 Å². The first-order valence-electron chi connectivity index (χ1n) is 7.49. The lowest BCUT2D eigenvalue weighted by Crippen LogP contribution is -2.43. The molecule has 2 N–H and O–H groups in total. The Bertz CT molecular complexity index is 168. The zero-order valence-electron chi connectivity index (χ0n) is 11.4. The molecule has 96 valence electrons. The van der Waals surface area contributed by atoms with Crippen LogP contribution < -0.4 is 5.73 Å². The van der Waals surface area contributed by atoms with Gasteiger partial charge < -0.3 is 5.73 Å². The van der Waals surface area contributed by atoms with E-state index in [4.69, 9.17) is 5.73 Å². The van der Waals surface area contributed by atoms with E-state index in [1.807, 2.05) is 0 Å². The molecular weight excluding hydrogens is 194 g/mol. The summed E-state index contributed by atoms with van der Waals surface area (Å²) in [5.74, 6) is 0.969. The monoisotopic (exact) mass is 225 g/mol. The summed E-state index contributed by atoms with van der Waals surface area (Å²) in [6.07, 6.45) is 14.8. The minimum atomic E-state index is 0.206. The molecule has 0 aromatic heterocycles. The summed E-state index contributed by atoms with van der Waals surface area (Å²) in [6, 6.07) is 0. The van der Waals surface area contributed by atoms with Crippen molar-refractivity contribution in [1.29, 1.82) is 0 Å². The summed E-state index contributed by atoms with van der Waals surface area (Å²) in [5.41, 5.74) is 6.70. The predicted octanol–water partition coefficient (Wildman–Crippen LogP) is 4.64. The molecule has 1 aliphatic rings. The number of nitrogens with two attached hydrogens (primary N) is 1. The smallest absolute Gasteiger partial charge is 0.0154 e. The zero-order chi connectivity index (χ0) is 11.9. The third-order valence-corrected chi connectivity index (χ3v) is 4.46. The molecule has 0 aromatic rings. The number of rotatable bonds is 7. The lowest BCUT2D eigenvalue weighted by Gasteiger charge is -2.37. The van der Waals surface area contributed by atoms with Crippen LogP contribution in [0.5, 0.6) is 0 Å². The second kappa shape index (κ2) is 7.32. The van der Waals surface area contributed by atoms with Crippen molar-refractivity contribution in [2.75, 3.05) is 0 Å². The number of hydrogen-bond acceptors (Lipinski definition) is 1. The summed E-state index contributed by atoms with van der Waals surface area (Å²) in [7, 11) is 0. The van der Waals surface area contributed by atoms with Gasteiger partial charge in [0.25, 0.3) is 0 Å². The summed E-state index contributed by atoms with van der Waals surface area (Å²) in [4.78, 5) is 0. The summed E-state index contributed by atoms with van der Waals surface area (Å²) in [5, 5.41) is 0. The van der Waals surface area contributed by atoms with E-state index in [2.05, 4.69) is 13.8 Å². The maximum absolute atomic E-state index is 6.49. The molecule has 1 heteroatoms. The molecule has 0 heterocycles. The van der Waals surface area contributed by atoms with Crippen LogP contribution in [0, 0.1) is 5.92 Å². The molecule has 0 unspecified atom stereocenters. The number of hydrogen-bond donors (Lipinski definition) is 1. The molecular formula is C15H31N. The molecule has 1 aliphatic carbocycles. The topological polar surface area (TPSA) is 26.0 Å². The van der Waals surface area contributed by atoms with Crippen LogP contribution in [0.1, 0.15) is 84.5 Å². The van der Waals surface area contributed by atoms with Crippen molar-refractivity contribution in [2.45, 2.75) is 90.0 Å². The average Bonchev–Trinajstić information content (AvgIpc) is 2.30. The van der Waals surface area contributed by atoms with Crippen molar-refractivity contribution >= 4 is 0 Å². The molecule has 0 aliphatic heterocycles. The highest BCUT2D eigenvalue weighted by Gasteiger charge is 2.30. The zero-order valence-corrected chi connectivity index (χ0v) is 11.4. The highest BCUT2D eigenvalue weighted by Crippen LogP contribution is 2.35. The fourth-order valence-electron chi connectivity index (χ4n) is 2.99. The predicted molar refractivity (Wildman–Crippen MR) is 72.5 cm³/mol. The Morgan fingerprint density at radius 3 is 2.19 bits per heavy atom. The Morgan fingerprint density at radius 2 is 1.62 bits per heavy atom. The lowest BCUT2D eigenvalue weighted by molar-refractivity contribution is 0.213. The van der Waals surface area contributed by atoms with Crippen LogP contribution in [0.4, 0.5) is 0 Å². The number of unbranched alkanes of at least 4 members (excludes halogenated alkanes) is 4. The van der Waals surface area contributed by atoms with Gasteiger partial charge in [0.2, 0.25) is 0 Å². The van der Waals surface area contributed by atoms with Gasteiger partial charge in [-0.05, 0) is 38.0 Å². The third kappa shape index (κ3) is 4.86. The quantitative estimate of drug-likeness (QED) is 0.627. The standard InChI is InChI=1S/C15H31N/c1-3-5-6-7-8-11-15(16)12-9-14(4-2)10-13-15/h14H,3-13,16H2,1-2H3. The second-order valence-electron chi connectivity index (χ2n) is 5.88. The van der Waals surface area contributed by atoms with Gasteiger partial charge in [-0.2, -0.15) is 0 Å². The summed E-state index contributed by atoms with van der Waals surface area (Å²) < 4.78 is 0. The molecule has 1 nitrogen and oxygen atoms in total. The molecule has 1 saturated carbocycles. The molecule has 0 aromatic carbocycles. The summed E-state index contributed by atoms with van der Waals surface area (Å²) in [6.45, 7) is 4.59. The summed E-state index contributed by atoms with van der Waals surface area (Å²) >= 11 is 0. The van der Waals surface area contributed by atoms with E-state index in [1.165, 1.54) is 70.6 Å². The molecule has 0 bridgehead atoms. The maximum atomic E-state index is 6.49. The van der Waals surface area contributed by atoms with E-state index in [-0.39, 0.29) is 5.54 Å². The average molecular weight is 225 g/mol. The molecule has 0 radical (unpaired) electrons. The van der Waals surface area contributed by atoms with Crippen molar-refractivity contribution in [3.8, 4) is 0 Å². The third-order valence-electron chi connectivity index (χ3n) is 4.46. The molecule has 0 amide bonds. The van der Waals surface area contributed by atoms with E-state index in [0.717, 1.165) is 5.92 Å². The van der Waals surface area contributed by atoms with Crippen molar-refractivity contribution in [3.63, 3.8) is 0 Å². The largest absolute Gasteiger partial charge is 0.325 e. The van der Waals surface area contributed by atoms with Crippen molar-refractivity contribution < 1.29 is 0 Å². The first-order chi connectivity index (χ1) is 7.70. The molecule has 1 rings (SSSR count). The van der Waals surface area contributed by atoms with Crippen LogP contribution in [0.2, 0.25) is 0 Å². The van der Waals surface area contributed by atoms with E-state index in [0.29, 0.717) is 0 Å². The Kier molecular flexibility index (Phi) is 6.41. The SMILES string of the molecule is CCCCCCCC1(N)CCC(CC)CC1. The first-order valence-corrected chi connectivity index (χ1v) is 7.49. The maximum Gasteiger partial charge on any atom is 0.0154 e. The molecule has 0 atom stereocenters. The van der Waals surface area contributed by atoms with Crippen molar-refractivity contribution in [1.82, 2.24) is 0 Å². The minimum absolute atomic E-state index is 0.206. The highest BCUT2D eigenvalue weighted by atomic mass is 14.7. The highest BCUT2D eigenvalue weighted by molar-refractivity contribution is 4.89. The Morgan fingerprint density at radius 1 is 1.00 bits per heavy atom. The van der Waals surface area contributed by atoms with Gasteiger partial charge >= 0.3 is 0 Å². The minimum Gasteiger partial charge on any atom is -0.325 e. The van der Waals surface area contributed by atoms with Crippen molar-refractivity contribution in [3.05, 3.63) is 0 Å². The second-order valence-corrected chi connectivity index (χ2v) is 5.88. The fraction of sp³-hybridized carbons (Fsp3) is 1.00. The van der Waals surface area contributed by atoms with Gasteiger partial charge in [-0.3, -0.25) is 0 Å². The van der Waals surface area contributed by atoms with Gasteiger partial charge in [0.1, 0.15) is 0 Å². The van der Waals surface area contributed by atoms with Gasteiger partial charge in [-0.15, -0.1) is 0 Å². The van der Waals surface area contributed by atoms with Gasteiger partial charge in [0.15, 0.2) is 0 Å². The molecule has 0 spiro atoms. The molecule has 1 fully saturated rings. The normalized spacial score (nSPS) is 30.6. The van der Waals surface area contributed by atoms with E-state index in [9.17, 15) is 0 Å². The van der Waals surface area contributed by atoms with Crippen LogP contribution >= 0.6 is 0 Å². The molecule has 16 heavy (non-hydrogen) atoms. The van der Waals surface area contributed by atoms with Crippen LogP contribution in [0.15, 0.2) is 0 Å². The Labute approximate surface area is 102 Å². The van der Waals surface area contributed by atoms with Crippen LogP contribution in [0.25, 0.3) is 0 Å². The van der Waals surface area contributed by atoms with Gasteiger partial charge in [0.05, 0.1) is 0 Å². The fourth-order valence-corrected chi connectivity index (χ4v) is 2.99. The Hall–Kier alpha value is -0.0400. The first kappa shape index (κ1) is 14.0. The van der Waals surface area contributed by atoms with Crippen molar-refractivity contribution in [2.24, 2.45) is 11.7 Å². The Balaban J connectivity index is 2.11. The lowest BCUT2D eigenvalue weighted by atomic mass is 9.74. The van der Waals surface area contributed by atoms with Gasteiger partial charge in [-0.25, -0.2) is 0 Å². The molecule has 0 saturated heterocycles.